The minimum atomic E-state index is -0.0401. The second-order valence-electron chi connectivity index (χ2n) is 5.64. The molecule has 114 valence electrons. The topological polar surface area (TPSA) is 26.3 Å². The molecule has 0 saturated carbocycles. The Labute approximate surface area is 124 Å². The number of esters is 1. The van der Waals surface area contributed by atoms with Gasteiger partial charge in [-0.05, 0) is 38.2 Å². The van der Waals surface area contributed by atoms with Crippen molar-refractivity contribution in [1.29, 1.82) is 0 Å². The number of cyclic esters (lactones) is 1. The highest BCUT2D eigenvalue weighted by Crippen LogP contribution is 2.13. The molecule has 0 aromatic rings. The molecule has 2 nitrogen and oxygen atoms in total. The van der Waals surface area contributed by atoms with E-state index in [0.717, 1.165) is 32.1 Å². The van der Waals surface area contributed by atoms with Gasteiger partial charge < -0.3 is 4.74 Å². The number of carbonyl (C=O) groups excluding carboxylic acids is 1. The molecule has 0 unspecified atom stereocenters. The molecule has 0 amide bonds. The van der Waals surface area contributed by atoms with E-state index in [2.05, 4.69) is 19.1 Å². The molecule has 0 radical (unpaired) electrons. The van der Waals surface area contributed by atoms with Crippen molar-refractivity contribution in [3.8, 4) is 0 Å². The number of allylic oxidation sites excluding steroid dienone is 3. The van der Waals surface area contributed by atoms with Gasteiger partial charge in [-0.15, -0.1) is 0 Å². The van der Waals surface area contributed by atoms with Crippen molar-refractivity contribution in [2.75, 3.05) is 0 Å². The van der Waals surface area contributed by atoms with Crippen molar-refractivity contribution in [1.82, 2.24) is 0 Å². The molecule has 20 heavy (non-hydrogen) atoms. The number of ether oxygens (including phenoxy) is 1. The fraction of sp³-hybridized carbons (Fsp3) is 0.722. The fourth-order valence-electron chi connectivity index (χ4n) is 2.44. The molecule has 2 heteroatoms. The van der Waals surface area contributed by atoms with E-state index in [9.17, 15) is 4.79 Å². The second kappa shape index (κ2) is 11.7. The van der Waals surface area contributed by atoms with Crippen LogP contribution in [0.3, 0.4) is 0 Å². The van der Waals surface area contributed by atoms with Crippen molar-refractivity contribution in [2.45, 2.75) is 83.7 Å². The van der Waals surface area contributed by atoms with E-state index >= 15 is 0 Å². The largest absolute Gasteiger partial charge is 0.458 e. The van der Waals surface area contributed by atoms with Crippen LogP contribution in [0.25, 0.3) is 0 Å². The van der Waals surface area contributed by atoms with Crippen molar-refractivity contribution >= 4 is 5.97 Å². The van der Waals surface area contributed by atoms with Gasteiger partial charge in [0.15, 0.2) is 0 Å². The zero-order valence-electron chi connectivity index (χ0n) is 13.0. The van der Waals surface area contributed by atoms with Crippen LogP contribution in [-0.2, 0) is 9.53 Å². The zero-order chi connectivity index (χ0) is 14.5. The SMILES string of the molecule is CCCCC[C@H]1/C=C/C=C\CCCCCCCC(=O)O1. The maximum atomic E-state index is 11.8. The van der Waals surface area contributed by atoms with Crippen molar-refractivity contribution in [3.63, 3.8) is 0 Å². The van der Waals surface area contributed by atoms with Crippen LogP contribution in [0.15, 0.2) is 24.3 Å². The Balaban J connectivity index is 2.49. The minimum absolute atomic E-state index is 0.0304. The predicted octanol–water partition coefficient (Wildman–Crippen LogP) is 5.34. The van der Waals surface area contributed by atoms with E-state index in [0.29, 0.717) is 6.42 Å². The lowest BCUT2D eigenvalue weighted by atomic mass is 10.1. The van der Waals surface area contributed by atoms with Crippen LogP contribution in [0.4, 0.5) is 0 Å². The molecular formula is C18H30O2. The Morgan fingerprint density at radius 1 is 1.10 bits per heavy atom. The van der Waals surface area contributed by atoms with Gasteiger partial charge in [0.05, 0.1) is 0 Å². The van der Waals surface area contributed by atoms with Crippen LogP contribution in [0.5, 0.6) is 0 Å². The molecule has 0 aliphatic carbocycles. The lowest BCUT2D eigenvalue weighted by Crippen LogP contribution is -2.16. The van der Waals surface area contributed by atoms with Gasteiger partial charge in [-0.2, -0.15) is 0 Å². The average molecular weight is 278 g/mol. The normalized spacial score (nSPS) is 25.4. The van der Waals surface area contributed by atoms with Crippen LogP contribution >= 0.6 is 0 Å². The van der Waals surface area contributed by atoms with Crippen LogP contribution in [-0.4, -0.2) is 12.1 Å². The number of hydrogen-bond donors (Lipinski definition) is 0. The van der Waals surface area contributed by atoms with Crippen LogP contribution in [0.1, 0.15) is 77.6 Å². The molecule has 0 N–H and O–H groups in total. The summed E-state index contributed by atoms with van der Waals surface area (Å²) in [6.45, 7) is 2.19. The second-order valence-corrected chi connectivity index (χ2v) is 5.64. The van der Waals surface area contributed by atoms with Gasteiger partial charge in [0.2, 0.25) is 0 Å². The Morgan fingerprint density at radius 3 is 2.75 bits per heavy atom. The smallest absolute Gasteiger partial charge is 0.306 e. The summed E-state index contributed by atoms with van der Waals surface area (Å²) in [5.41, 5.74) is 0. The van der Waals surface area contributed by atoms with Crippen molar-refractivity contribution in [2.24, 2.45) is 0 Å². The summed E-state index contributed by atoms with van der Waals surface area (Å²) in [7, 11) is 0. The Hall–Kier alpha value is -1.05. The van der Waals surface area contributed by atoms with Crippen LogP contribution in [0.2, 0.25) is 0 Å². The number of carbonyl (C=O) groups is 1. The molecular weight excluding hydrogens is 248 g/mol. The van der Waals surface area contributed by atoms with E-state index in [1.807, 2.05) is 12.2 Å². The first-order chi connectivity index (χ1) is 9.83. The molecule has 0 fully saturated rings. The zero-order valence-corrected chi connectivity index (χ0v) is 13.0. The Morgan fingerprint density at radius 2 is 1.90 bits per heavy atom. The van der Waals surface area contributed by atoms with E-state index in [1.165, 1.54) is 32.1 Å². The average Bonchev–Trinajstić information content (AvgIpc) is 2.44. The third-order valence-electron chi connectivity index (χ3n) is 3.70. The summed E-state index contributed by atoms with van der Waals surface area (Å²) in [5, 5.41) is 0. The van der Waals surface area contributed by atoms with Crippen molar-refractivity contribution in [3.05, 3.63) is 24.3 Å². The van der Waals surface area contributed by atoms with Gasteiger partial charge in [0.1, 0.15) is 6.10 Å². The summed E-state index contributed by atoms with van der Waals surface area (Å²) >= 11 is 0. The maximum absolute atomic E-state index is 11.8. The number of hydrogen-bond acceptors (Lipinski definition) is 2. The van der Waals surface area contributed by atoms with E-state index in [4.69, 9.17) is 4.74 Å². The molecule has 0 spiro atoms. The maximum Gasteiger partial charge on any atom is 0.306 e. The van der Waals surface area contributed by atoms with Gasteiger partial charge in [-0.3, -0.25) is 4.79 Å². The molecule has 1 aliphatic heterocycles. The molecule has 1 heterocycles. The quantitative estimate of drug-likeness (QED) is 0.513. The standard InChI is InChI=1S/C18H30O2/c1-2-3-11-14-17-15-12-9-7-5-4-6-8-10-13-16-18(19)20-17/h7,9,12,15,17H,2-6,8,10-11,13-14,16H2,1H3/b9-7-,15-12+/t17-/m0/s1. The molecule has 0 saturated heterocycles. The molecule has 1 atom stereocenters. The molecule has 0 aromatic carbocycles. The highest BCUT2D eigenvalue weighted by atomic mass is 16.5. The lowest BCUT2D eigenvalue weighted by Gasteiger charge is -2.14. The third-order valence-corrected chi connectivity index (χ3v) is 3.70. The summed E-state index contributed by atoms with van der Waals surface area (Å²) < 4.78 is 5.58. The van der Waals surface area contributed by atoms with Gasteiger partial charge in [0.25, 0.3) is 0 Å². The molecule has 1 rings (SSSR count). The van der Waals surface area contributed by atoms with Gasteiger partial charge in [-0.1, -0.05) is 57.3 Å². The summed E-state index contributed by atoms with van der Waals surface area (Å²) in [6.07, 6.45) is 20.4. The fourth-order valence-corrected chi connectivity index (χ4v) is 2.44. The number of unbranched alkanes of at least 4 members (excludes halogenated alkanes) is 2. The first-order valence-corrected chi connectivity index (χ1v) is 8.35. The first kappa shape index (κ1) is 17.0. The summed E-state index contributed by atoms with van der Waals surface area (Å²) in [4.78, 5) is 11.8. The van der Waals surface area contributed by atoms with Gasteiger partial charge in [0, 0.05) is 6.42 Å². The highest BCUT2D eigenvalue weighted by molar-refractivity contribution is 5.69. The molecule has 1 aliphatic rings. The third kappa shape index (κ3) is 8.95. The Bertz CT molecular complexity index is 305. The van der Waals surface area contributed by atoms with Gasteiger partial charge in [-0.25, -0.2) is 0 Å². The monoisotopic (exact) mass is 278 g/mol. The van der Waals surface area contributed by atoms with E-state index < -0.39 is 0 Å². The minimum Gasteiger partial charge on any atom is -0.458 e. The molecule has 0 aromatic heterocycles. The predicted molar refractivity (Wildman–Crippen MR) is 84.6 cm³/mol. The molecule has 0 bridgehead atoms. The van der Waals surface area contributed by atoms with Crippen LogP contribution in [0, 0.1) is 0 Å². The summed E-state index contributed by atoms with van der Waals surface area (Å²) in [6, 6.07) is 0. The van der Waals surface area contributed by atoms with E-state index in [-0.39, 0.29) is 12.1 Å². The highest BCUT2D eigenvalue weighted by Gasteiger charge is 2.11. The van der Waals surface area contributed by atoms with E-state index in [1.54, 1.807) is 0 Å². The van der Waals surface area contributed by atoms with Gasteiger partial charge >= 0.3 is 5.97 Å². The Kier molecular flexibility index (Phi) is 9.99. The number of rotatable bonds is 4. The summed E-state index contributed by atoms with van der Waals surface area (Å²) in [5.74, 6) is -0.0304. The van der Waals surface area contributed by atoms with Crippen molar-refractivity contribution < 1.29 is 9.53 Å². The first-order valence-electron chi connectivity index (χ1n) is 8.35. The lowest BCUT2D eigenvalue weighted by molar-refractivity contribution is -0.147. The van der Waals surface area contributed by atoms with Crippen LogP contribution < -0.4 is 0 Å².